The summed E-state index contributed by atoms with van der Waals surface area (Å²) >= 11 is 3.15. The molecule has 9 heteroatoms. The van der Waals surface area contributed by atoms with Gasteiger partial charge in [0.1, 0.15) is 0 Å². The molecule has 0 aliphatic heterocycles. The molecule has 0 aliphatic rings. The number of nitro groups is 1. The number of thiazole rings is 1. The van der Waals surface area contributed by atoms with Crippen LogP contribution >= 0.6 is 22.7 Å². The lowest BCUT2D eigenvalue weighted by molar-refractivity contribution is -0.385. The average molecular weight is 403 g/mol. The van der Waals surface area contributed by atoms with E-state index >= 15 is 0 Å². The fourth-order valence-corrected chi connectivity index (χ4v) is 3.95. The van der Waals surface area contributed by atoms with Gasteiger partial charge in [-0.1, -0.05) is 13.0 Å². The van der Waals surface area contributed by atoms with Crippen molar-refractivity contribution in [2.75, 3.05) is 12.0 Å². The zero-order chi connectivity index (χ0) is 19.2. The van der Waals surface area contributed by atoms with Crippen molar-refractivity contribution in [1.29, 1.82) is 0 Å². The number of thiophene rings is 1. The van der Waals surface area contributed by atoms with Crippen LogP contribution in [0.5, 0.6) is 5.75 Å². The second-order valence-electron chi connectivity index (χ2n) is 5.60. The van der Waals surface area contributed by atoms with Crippen molar-refractivity contribution in [1.82, 2.24) is 4.98 Å². The molecule has 0 saturated heterocycles. The standard InChI is InChI=1S/C18H18N4O3S2/c1-3-8-25-15-7-6-13(10-14(15)22(23)24)11-19-21-18-20-17(12(2)27-18)16-5-4-9-26-16/h4-7,9-11H,3,8H2,1-2H3,(H,20,21)/b19-11-. The minimum Gasteiger partial charge on any atom is -0.487 e. The molecular formula is C18H18N4O3S2. The minimum atomic E-state index is -0.451. The smallest absolute Gasteiger partial charge is 0.311 e. The van der Waals surface area contributed by atoms with Gasteiger partial charge in [-0.3, -0.25) is 15.5 Å². The first kappa shape index (κ1) is 19.0. The summed E-state index contributed by atoms with van der Waals surface area (Å²) in [6.45, 7) is 4.40. The molecular weight excluding hydrogens is 384 g/mol. The van der Waals surface area contributed by atoms with Crippen molar-refractivity contribution in [2.45, 2.75) is 20.3 Å². The van der Waals surface area contributed by atoms with Gasteiger partial charge in [0, 0.05) is 16.5 Å². The van der Waals surface area contributed by atoms with Crippen molar-refractivity contribution >= 4 is 39.7 Å². The van der Waals surface area contributed by atoms with Crippen molar-refractivity contribution in [3.8, 4) is 16.3 Å². The average Bonchev–Trinajstić information content (AvgIpc) is 3.30. The monoisotopic (exact) mass is 402 g/mol. The van der Waals surface area contributed by atoms with Gasteiger partial charge >= 0.3 is 5.69 Å². The quantitative estimate of drug-likeness (QED) is 0.313. The van der Waals surface area contributed by atoms with E-state index in [-0.39, 0.29) is 11.4 Å². The van der Waals surface area contributed by atoms with Gasteiger partial charge in [0.25, 0.3) is 0 Å². The van der Waals surface area contributed by atoms with E-state index in [1.807, 2.05) is 31.4 Å². The molecule has 0 atom stereocenters. The predicted molar refractivity (Wildman–Crippen MR) is 110 cm³/mol. The topological polar surface area (TPSA) is 89.7 Å². The molecule has 0 aliphatic carbocycles. The SMILES string of the molecule is CCCOc1ccc(/C=N\Nc2nc(-c3cccs3)c(C)s2)cc1[N+](=O)[O-]. The van der Waals surface area contributed by atoms with Crippen LogP contribution in [0.4, 0.5) is 10.8 Å². The Morgan fingerprint density at radius 2 is 2.26 bits per heavy atom. The first-order valence-corrected chi connectivity index (χ1v) is 9.99. The number of aryl methyl sites for hydroxylation is 1. The van der Waals surface area contributed by atoms with Gasteiger partial charge in [0.2, 0.25) is 5.13 Å². The van der Waals surface area contributed by atoms with E-state index in [0.29, 0.717) is 17.3 Å². The zero-order valence-corrected chi connectivity index (χ0v) is 16.5. The van der Waals surface area contributed by atoms with E-state index in [9.17, 15) is 10.1 Å². The summed E-state index contributed by atoms with van der Waals surface area (Å²) in [6.07, 6.45) is 2.31. The van der Waals surface area contributed by atoms with Gasteiger partial charge in [0.15, 0.2) is 5.75 Å². The number of hydrogen-bond donors (Lipinski definition) is 1. The lowest BCUT2D eigenvalue weighted by atomic mass is 10.2. The predicted octanol–water partition coefficient (Wildman–Crippen LogP) is 5.32. The fraction of sp³-hybridized carbons (Fsp3) is 0.222. The second-order valence-corrected chi connectivity index (χ2v) is 7.75. The number of nitrogens with zero attached hydrogens (tertiary/aromatic N) is 3. The van der Waals surface area contributed by atoms with Crippen molar-refractivity contribution < 1.29 is 9.66 Å². The number of nitrogens with one attached hydrogen (secondary N) is 1. The first-order chi connectivity index (χ1) is 13.1. The Morgan fingerprint density at radius 3 is 2.96 bits per heavy atom. The Morgan fingerprint density at radius 1 is 1.41 bits per heavy atom. The second kappa shape index (κ2) is 8.74. The van der Waals surface area contributed by atoms with Crippen LogP contribution in [0.2, 0.25) is 0 Å². The maximum Gasteiger partial charge on any atom is 0.311 e. The Hall–Kier alpha value is -2.78. The highest BCUT2D eigenvalue weighted by Crippen LogP contribution is 2.33. The van der Waals surface area contributed by atoms with Crippen molar-refractivity contribution in [2.24, 2.45) is 5.10 Å². The van der Waals surface area contributed by atoms with Crippen molar-refractivity contribution in [3.63, 3.8) is 0 Å². The number of aromatic nitrogens is 1. The summed E-state index contributed by atoms with van der Waals surface area (Å²) in [5.41, 5.74) is 4.37. The molecule has 0 amide bonds. The highest BCUT2D eigenvalue weighted by molar-refractivity contribution is 7.17. The Labute approximate surface area is 164 Å². The third-order valence-electron chi connectivity index (χ3n) is 3.57. The summed E-state index contributed by atoms with van der Waals surface area (Å²) in [6, 6.07) is 8.79. The van der Waals surface area contributed by atoms with E-state index in [0.717, 1.165) is 21.9 Å². The number of ether oxygens (including phenoxy) is 1. The van der Waals surface area contributed by atoms with E-state index in [1.54, 1.807) is 23.5 Å². The minimum absolute atomic E-state index is 0.0718. The zero-order valence-electron chi connectivity index (χ0n) is 14.8. The lowest BCUT2D eigenvalue weighted by Gasteiger charge is -2.05. The van der Waals surface area contributed by atoms with Crippen LogP contribution < -0.4 is 10.2 Å². The molecule has 140 valence electrons. The van der Waals surface area contributed by atoms with E-state index in [4.69, 9.17) is 4.74 Å². The van der Waals surface area contributed by atoms with Crippen LogP contribution in [0.3, 0.4) is 0 Å². The normalized spacial score (nSPS) is 11.0. The first-order valence-electron chi connectivity index (χ1n) is 8.30. The number of rotatable bonds is 8. The summed E-state index contributed by atoms with van der Waals surface area (Å²) < 4.78 is 5.42. The Bertz CT molecular complexity index is 952. The number of benzene rings is 1. The third-order valence-corrected chi connectivity index (χ3v) is 5.32. The molecule has 0 radical (unpaired) electrons. The van der Waals surface area contributed by atoms with Gasteiger partial charge in [-0.15, -0.1) is 22.7 Å². The Kier molecular flexibility index (Phi) is 6.15. The van der Waals surface area contributed by atoms with Crippen LogP contribution in [-0.4, -0.2) is 22.7 Å². The maximum absolute atomic E-state index is 11.2. The van der Waals surface area contributed by atoms with Crippen LogP contribution in [0.25, 0.3) is 10.6 Å². The summed E-state index contributed by atoms with van der Waals surface area (Å²) in [5, 5.41) is 18.1. The largest absolute Gasteiger partial charge is 0.487 e. The number of hydrazone groups is 1. The summed E-state index contributed by atoms with van der Waals surface area (Å²) in [4.78, 5) is 17.6. The molecule has 0 unspecified atom stereocenters. The Balaban J connectivity index is 1.72. The molecule has 7 nitrogen and oxygen atoms in total. The van der Waals surface area contributed by atoms with Gasteiger partial charge in [-0.05, 0) is 36.9 Å². The molecule has 0 bridgehead atoms. The van der Waals surface area contributed by atoms with Crippen LogP contribution in [0.15, 0.2) is 40.8 Å². The summed E-state index contributed by atoms with van der Waals surface area (Å²) in [5.74, 6) is 0.267. The highest BCUT2D eigenvalue weighted by Gasteiger charge is 2.15. The van der Waals surface area contributed by atoms with E-state index < -0.39 is 4.92 Å². The molecule has 1 N–H and O–H groups in total. The lowest BCUT2D eigenvalue weighted by Crippen LogP contribution is -2.00. The molecule has 3 aromatic rings. The third kappa shape index (κ3) is 4.69. The molecule has 27 heavy (non-hydrogen) atoms. The maximum atomic E-state index is 11.2. The van der Waals surface area contributed by atoms with E-state index in [2.05, 4.69) is 15.5 Å². The number of hydrogen-bond acceptors (Lipinski definition) is 8. The molecule has 0 spiro atoms. The van der Waals surface area contributed by atoms with Crippen LogP contribution in [0, 0.1) is 17.0 Å². The number of nitro benzene ring substituents is 1. The van der Waals surface area contributed by atoms with E-state index in [1.165, 1.54) is 23.6 Å². The van der Waals surface area contributed by atoms with Gasteiger partial charge < -0.3 is 4.74 Å². The molecule has 0 fully saturated rings. The number of anilines is 1. The van der Waals surface area contributed by atoms with Gasteiger partial charge in [-0.25, -0.2) is 4.98 Å². The van der Waals surface area contributed by atoms with Crippen LogP contribution in [-0.2, 0) is 0 Å². The molecule has 3 rings (SSSR count). The molecule has 1 aromatic carbocycles. The van der Waals surface area contributed by atoms with Crippen molar-refractivity contribution in [3.05, 3.63) is 56.3 Å². The molecule has 2 aromatic heterocycles. The fourth-order valence-electron chi connectivity index (χ4n) is 2.34. The summed E-state index contributed by atoms with van der Waals surface area (Å²) in [7, 11) is 0. The van der Waals surface area contributed by atoms with Crippen LogP contribution in [0.1, 0.15) is 23.8 Å². The highest BCUT2D eigenvalue weighted by atomic mass is 32.1. The van der Waals surface area contributed by atoms with Gasteiger partial charge in [-0.2, -0.15) is 5.10 Å². The molecule has 0 saturated carbocycles. The van der Waals surface area contributed by atoms with Gasteiger partial charge in [0.05, 0.1) is 28.3 Å². The molecule has 2 heterocycles.